The van der Waals surface area contributed by atoms with Gasteiger partial charge in [-0.15, -0.1) is 11.3 Å². The second kappa shape index (κ2) is 5.01. The molecule has 3 nitrogen and oxygen atoms in total. The van der Waals surface area contributed by atoms with Gasteiger partial charge in [0.1, 0.15) is 5.75 Å². The van der Waals surface area contributed by atoms with E-state index in [9.17, 15) is 0 Å². The summed E-state index contributed by atoms with van der Waals surface area (Å²) in [5.41, 5.74) is 5.26. The zero-order valence-electron chi connectivity index (χ0n) is 9.65. The summed E-state index contributed by atoms with van der Waals surface area (Å²) in [7, 11) is 0. The Bertz CT molecular complexity index is 570. The number of hydrazine groups is 1. The van der Waals surface area contributed by atoms with Gasteiger partial charge in [0, 0.05) is 21.3 Å². The first-order chi connectivity index (χ1) is 8.81. The number of nitrogens with two attached hydrogens (primary N) is 1. The maximum absolute atomic E-state index is 5.74. The van der Waals surface area contributed by atoms with E-state index in [1.165, 1.54) is 10.4 Å². The van der Waals surface area contributed by atoms with E-state index in [1.807, 2.05) is 11.4 Å². The van der Waals surface area contributed by atoms with E-state index >= 15 is 0 Å². The number of hydrogen-bond acceptors (Lipinski definition) is 4. The minimum absolute atomic E-state index is 0.0348. The molecular formula is C13H13BrN2OS. The Balaban J connectivity index is 2.08. The summed E-state index contributed by atoms with van der Waals surface area (Å²) in [6, 6.07) is 8.25. The first kappa shape index (κ1) is 12.2. The Kier molecular flexibility index (Phi) is 3.39. The van der Waals surface area contributed by atoms with Crippen LogP contribution in [0.3, 0.4) is 0 Å². The van der Waals surface area contributed by atoms with Gasteiger partial charge in [-0.25, -0.2) is 5.43 Å². The van der Waals surface area contributed by atoms with Crippen LogP contribution in [-0.4, -0.2) is 6.61 Å². The van der Waals surface area contributed by atoms with Gasteiger partial charge in [0.2, 0.25) is 0 Å². The highest BCUT2D eigenvalue weighted by atomic mass is 79.9. The van der Waals surface area contributed by atoms with Crippen LogP contribution in [0.5, 0.6) is 5.75 Å². The Morgan fingerprint density at radius 3 is 3.00 bits per heavy atom. The molecule has 1 unspecified atom stereocenters. The number of halogens is 1. The summed E-state index contributed by atoms with van der Waals surface area (Å²) in [4.78, 5) is 1.17. The first-order valence-electron chi connectivity index (χ1n) is 5.75. The Morgan fingerprint density at radius 2 is 2.28 bits per heavy atom. The lowest BCUT2D eigenvalue weighted by Gasteiger charge is -2.18. The maximum Gasteiger partial charge on any atom is 0.127 e. The molecule has 0 fully saturated rings. The van der Waals surface area contributed by atoms with Gasteiger partial charge in [-0.2, -0.15) is 0 Å². The molecule has 0 saturated heterocycles. The number of hydrogen-bond donors (Lipinski definition) is 2. The van der Waals surface area contributed by atoms with Crippen molar-refractivity contribution < 1.29 is 4.74 Å². The number of ether oxygens (including phenoxy) is 1. The van der Waals surface area contributed by atoms with Crippen LogP contribution in [0.1, 0.15) is 22.0 Å². The van der Waals surface area contributed by atoms with Crippen LogP contribution in [0.15, 0.2) is 34.1 Å². The normalized spacial score (nSPS) is 15.2. The monoisotopic (exact) mass is 324 g/mol. The smallest absolute Gasteiger partial charge is 0.127 e. The molecule has 1 aromatic carbocycles. The molecule has 2 aromatic rings. The highest BCUT2D eigenvalue weighted by Crippen LogP contribution is 2.39. The predicted molar refractivity (Wildman–Crippen MR) is 76.8 cm³/mol. The van der Waals surface area contributed by atoms with Crippen LogP contribution >= 0.6 is 27.3 Å². The molecule has 2 heterocycles. The van der Waals surface area contributed by atoms with E-state index in [2.05, 4.69) is 39.6 Å². The van der Waals surface area contributed by atoms with Crippen LogP contribution < -0.4 is 16.0 Å². The number of nitrogens with one attached hydrogen (secondary N) is 1. The molecule has 0 bridgehead atoms. The summed E-state index contributed by atoms with van der Waals surface area (Å²) in [5.74, 6) is 6.73. The van der Waals surface area contributed by atoms with Gasteiger partial charge in [-0.3, -0.25) is 5.84 Å². The molecule has 1 aliphatic heterocycles. The number of para-hydroxylation sites is 1. The molecular weight excluding hydrogens is 312 g/mol. The fraction of sp³-hybridized carbons (Fsp3) is 0.231. The minimum Gasteiger partial charge on any atom is -0.493 e. The van der Waals surface area contributed by atoms with Crippen LogP contribution in [0.2, 0.25) is 0 Å². The standard InChI is InChI=1S/C13H13BrN2OS/c14-10-5-7-18-13(10)11(16-15)9-3-1-2-8-4-6-17-12(8)9/h1-3,5,7,11,16H,4,6,15H2. The Morgan fingerprint density at radius 1 is 1.39 bits per heavy atom. The Hall–Kier alpha value is -0.880. The van der Waals surface area contributed by atoms with Crippen molar-refractivity contribution in [2.75, 3.05) is 6.61 Å². The van der Waals surface area contributed by atoms with E-state index in [0.29, 0.717) is 0 Å². The Labute approximate surface area is 118 Å². The molecule has 3 rings (SSSR count). The zero-order valence-corrected chi connectivity index (χ0v) is 12.1. The van der Waals surface area contributed by atoms with Gasteiger partial charge in [-0.1, -0.05) is 18.2 Å². The highest BCUT2D eigenvalue weighted by Gasteiger charge is 2.24. The molecule has 1 atom stereocenters. The van der Waals surface area contributed by atoms with Crippen LogP contribution in [-0.2, 0) is 6.42 Å². The summed E-state index contributed by atoms with van der Waals surface area (Å²) in [6.45, 7) is 0.759. The lowest BCUT2D eigenvalue weighted by molar-refractivity contribution is 0.350. The molecule has 0 amide bonds. The second-order valence-corrected chi connectivity index (χ2v) is 5.97. The van der Waals surface area contributed by atoms with Crippen molar-refractivity contribution in [3.05, 3.63) is 50.1 Å². The van der Waals surface area contributed by atoms with E-state index in [0.717, 1.165) is 28.8 Å². The fourth-order valence-corrected chi connectivity index (χ4v) is 3.96. The number of benzene rings is 1. The third kappa shape index (κ3) is 1.97. The van der Waals surface area contributed by atoms with Gasteiger partial charge < -0.3 is 4.74 Å². The maximum atomic E-state index is 5.74. The summed E-state index contributed by atoms with van der Waals surface area (Å²) in [6.07, 6.45) is 0.978. The third-order valence-corrected chi connectivity index (χ3v) is 5.07. The highest BCUT2D eigenvalue weighted by molar-refractivity contribution is 9.10. The van der Waals surface area contributed by atoms with Gasteiger partial charge in [-0.05, 0) is 32.9 Å². The van der Waals surface area contributed by atoms with Crippen molar-refractivity contribution in [2.45, 2.75) is 12.5 Å². The van der Waals surface area contributed by atoms with Gasteiger partial charge in [0.15, 0.2) is 0 Å². The SMILES string of the molecule is NNC(c1cccc2c1OCC2)c1sccc1Br. The lowest BCUT2D eigenvalue weighted by atomic mass is 10.0. The van der Waals surface area contributed by atoms with Gasteiger partial charge >= 0.3 is 0 Å². The fourth-order valence-electron chi connectivity index (χ4n) is 2.29. The zero-order chi connectivity index (χ0) is 12.5. The molecule has 1 aromatic heterocycles. The molecule has 18 heavy (non-hydrogen) atoms. The molecule has 94 valence electrons. The average Bonchev–Trinajstić information content (AvgIpc) is 3.00. The van der Waals surface area contributed by atoms with Crippen LogP contribution in [0.4, 0.5) is 0 Å². The quantitative estimate of drug-likeness (QED) is 0.674. The van der Waals surface area contributed by atoms with E-state index < -0.39 is 0 Å². The van der Waals surface area contributed by atoms with E-state index in [4.69, 9.17) is 10.6 Å². The van der Waals surface area contributed by atoms with Gasteiger partial charge in [0.05, 0.1) is 12.6 Å². The number of fused-ring (bicyclic) bond motifs is 1. The summed E-state index contributed by atoms with van der Waals surface area (Å²) in [5, 5.41) is 2.05. The van der Waals surface area contributed by atoms with Crippen LogP contribution in [0, 0.1) is 0 Å². The lowest BCUT2D eigenvalue weighted by Crippen LogP contribution is -2.28. The summed E-state index contributed by atoms with van der Waals surface area (Å²) >= 11 is 5.24. The molecule has 5 heteroatoms. The summed E-state index contributed by atoms with van der Waals surface area (Å²) < 4.78 is 6.82. The number of rotatable bonds is 3. The van der Waals surface area contributed by atoms with Crippen molar-refractivity contribution in [3.63, 3.8) is 0 Å². The van der Waals surface area contributed by atoms with Crippen molar-refractivity contribution in [2.24, 2.45) is 5.84 Å². The topological polar surface area (TPSA) is 47.3 Å². The minimum atomic E-state index is -0.0348. The number of thiophene rings is 1. The molecule has 0 aliphatic carbocycles. The third-order valence-electron chi connectivity index (χ3n) is 3.13. The van der Waals surface area contributed by atoms with Crippen molar-refractivity contribution in [3.8, 4) is 5.75 Å². The molecule has 0 spiro atoms. The van der Waals surface area contributed by atoms with Crippen molar-refractivity contribution in [1.29, 1.82) is 0 Å². The first-order valence-corrected chi connectivity index (χ1v) is 7.42. The predicted octanol–water partition coefficient (Wildman–Crippen LogP) is 3.00. The second-order valence-electron chi connectivity index (χ2n) is 4.17. The van der Waals surface area contributed by atoms with Crippen molar-refractivity contribution in [1.82, 2.24) is 5.43 Å². The molecule has 3 N–H and O–H groups in total. The van der Waals surface area contributed by atoms with Crippen LogP contribution in [0.25, 0.3) is 0 Å². The average molecular weight is 325 g/mol. The molecule has 0 radical (unpaired) electrons. The molecule has 1 aliphatic rings. The largest absolute Gasteiger partial charge is 0.493 e. The van der Waals surface area contributed by atoms with Crippen molar-refractivity contribution >= 4 is 27.3 Å². The van der Waals surface area contributed by atoms with E-state index in [-0.39, 0.29) is 6.04 Å². The molecule has 0 saturated carbocycles. The van der Waals surface area contributed by atoms with E-state index in [1.54, 1.807) is 11.3 Å². The van der Waals surface area contributed by atoms with Gasteiger partial charge in [0.25, 0.3) is 0 Å².